The summed E-state index contributed by atoms with van der Waals surface area (Å²) in [5, 5.41) is 3.89. The van der Waals surface area contributed by atoms with Crippen molar-refractivity contribution in [1.29, 1.82) is 0 Å². The van der Waals surface area contributed by atoms with Crippen LogP contribution >= 0.6 is 0 Å². The van der Waals surface area contributed by atoms with E-state index in [9.17, 15) is 9.59 Å². The highest BCUT2D eigenvalue weighted by molar-refractivity contribution is 5.91. The molecule has 0 bridgehead atoms. The Balaban J connectivity index is 1.44. The zero-order chi connectivity index (χ0) is 22.8. The molecule has 0 aliphatic heterocycles. The summed E-state index contributed by atoms with van der Waals surface area (Å²) in [4.78, 5) is 24.0. The van der Waals surface area contributed by atoms with E-state index in [1.807, 2.05) is 0 Å². The molecule has 0 fully saturated rings. The maximum absolute atomic E-state index is 12.2. The number of benzene rings is 3. The van der Waals surface area contributed by atoms with Gasteiger partial charge in [0.15, 0.2) is 6.61 Å². The van der Waals surface area contributed by atoms with E-state index in [0.717, 1.165) is 0 Å². The van der Waals surface area contributed by atoms with Crippen LogP contribution in [0.3, 0.4) is 0 Å². The molecule has 0 saturated heterocycles. The summed E-state index contributed by atoms with van der Waals surface area (Å²) < 4.78 is 20.8. The summed E-state index contributed by atoms with van der Waals surface area (Å²) in [6.07, 6.45) is 1.47. The summed E-state index contributed by atoms with van der Waals surface area (Å²) in [6, 6.07) is 20.2. The number of ether oxygens (including phenoxy) is 4. The Morgan fingerprint density at radius 3 is 1.91 bits per heavy atom. The number of nitrogens with one attached hydrogen (secondary N) is 1. The fourth-order valence-electron chi connectivity index (χ4n) is 2.55. The number of carbonyl (C=O) groups is 2. The van der Waals surface area contributed by atoms with E-state index in [1.54, 1.807) is 87.0 Å². The summed E-state index contributed by atoms with van der Waals surface area (Å²) >= 11 is 0. The SMILES string of the molecule is COc1ccc(OCC(=O)N/N=C/c2ccc(OC(=O)c3ccc(OC)cc3)cc2)cc1. The third kappa shape index (κ3) is 6.60. The zero-order valence-corrected chi connectivity index (χ0v) is 17.6. The van der Waals surface area contributed by atoms with Gasteiger partial charge < -0.3 is 18.9 Å². The molecule has 0 heterocycles. The Morgan fingerprint density at radius 1 is 0.781 bits per heavy atom. The first-order valence-corrected chi connectivity index (χ1v) is 9.62. The van der Waals surface area contributed by atoms with Crippen LogP contribution in [0.25, 0.3) is 0 Å². The lowest BCUT2D eigenvalue weighted by Crippen LogP contribution is -2.24. The second-order valence-electron chi connectivity index (χ2n) is 6.44. The first kappa shape index (κ1) is 22.4. The molecule has 0 aliphatic carbocycles. The van der Waals surface area contributed by atoms with Crippen molar-refractivity contribution < 1.29 is 28.5 Å². The van der Waals surface area contributed by atoms with Gasteiger partial charge in [-0.2, -0.15) is 5.10 Å². The molecule has 3 aromatic carbocycles. The Kier molecular flexibility index (Phi) is 7.80. The van der Waals surface area contributed by atoms with Crippen molar-refractivity contribution in [2.24, 2.45) is 5.10 Å². The van der Waals surface area contributed by atoms with E-state index in [1.165, 1.54) is 6.21 Å². The van der Waals surface area contributed by atoms with Crippen LogP contribution in [-0.4, -0.2) is 38.9 Å². The molecule has 0 atom stereocenters. The molecule has 3 aromatic rings. The smallest absolute Gasteiger partial charge is 0.343 e. The van der Waals surface area contributed by atoms with Crippen molar-refractivity contribution in [3.05, 3.63) is 83.9 Å². The Labute approximate surface area is 185 Å². The number of hydrazone groups is 1. The van der Waals surface area contributed by atoms with Crippen molar-refractivity contribution >= 4 is 18.1 Å². The summed E-state index contributed by atoms with van der Waals surface area (Å²) in [7, 11) is 3.13. The van der Waals surface area contributed by atoms with Crippen molar-refractivity contribution in [3.63, 3.8) is 0 Å². The number of hydrogen-bond donors (Lipinski definition) is 1. The fourth-order valence-corrected chi connectivity index (χ4v) is 2.55. The number of carbonyl (C=O) groups excluding carboxylic acids is 2. The molecule has 1 N–H and O–H groups in total. The van der Waals surface area contributed by atoms with Gasteiger partial charge in [0, 0.05) is 0 Å². The molecule has 3 rings (SSSR count). The van der Waals surface area contributed by atoms with Crippen molar-refractivity contribution in [2.45, 2.75) is 0 Å². The highest BCUT2D eigenvalue weighted by atomic mass is 16.5. The second kappa shape index (κ2) is 11.2. The van der Waals surface area contributed by atoms with Crippen molar-refractivity contribution in [2.75, 3.05) is 20.8 Å². The molecule has 0 aliphatic rings. The number of esters is 1. The minimum atomic E-state index is -0.474. The number of methoxy groups -OCH3 is 2. The Bertz CT molecular complexity index is 1060. The minimum absolute atomic E-state index is 0.177. The minimum Gasteiger partial charge on any atom is -0.497 e. The Hall–Kier alpha value is -4.33. The first-order chi connectivity index (χ1) is 15.6. The molecule has 1 amide bonds. The van der Waals surface area contributed by atoms with Gasteiger partial charge in [0.2, 0.25) is 0 Å². The number of nitrogens with zero attached hydrogens (tertiary/aromatic N) is 1. The Morgan fingerprint density at radius 2 is 1.31 bits per heavy atom. The molecular formula is C24H22N2O6. The normalized spacial score (nSPS) is 10.4. The quantitative estimate of drug-likeness (QED) is 0.240. The molecule has 164 valence electrons. The highest BCUT2D eigenvalue weighted by Crippen LogP contribution is 2.17. The van der Waals surface area contributed by atoms with E-state index in [2.05, 4.69) is 10.5 Å². The van der Waals surface area contributed by atoms with E-state index in [0.29, 0.717) is 34.1 Å². The molecule has 8 nitrogen and oxygen atoms in total. The standard InChI is InChI=1S/C24H22N2O6/c1-29-19-9-5-18(6-10-19)24(28)32-22-7-3-17(4-8-22)15-25-26-23(27)16-31-21-13-11-20(30-2)12-14-21/h3-15H,16H2,1-2H3,(H,26,27)/b25-15+. The number of amides is 1. The lowest BCUT2D eigenvalue weighted by Gasteiger charge is -2.06. The summed E-state index contributed by atoms with van der Waals surface area (Å²) in [6.45, 7) is -0.177. The maximum atomic E-state index is 12.2. The highest BCUT2D eigenvalue weighted by Gasteiger charge is 2.08. The molecule has 0 saturated carbocycles. The predicted molar refractivity (Wildman–Crippen MR) is 119 cm³/mol. The van der Waals surface area contributed by atoms with Gasteiger partial charge in [0.1, 0.15) is 23.0 Å². The third-order valence-electron chi connectivity index (χ3n) is 4.25. The van der Waals surface area contributed by atoms with Crippen LogP contribution in [0, 0.1) is 0 Å². The average molecular weight is 434 g/mol. The number of rotatable bonds is 9. The first-order valence-electron chi connectivity index (χ1n) is 9.62. The largest absolute Gasteiger partial charge is 0.497 e. The maximum Gasteiger partial charge on any atom is 0.343 e. The monoisotopic (exact) mass is 434 g/mol. The van der Waals surface area contributed by atoms with Crippen LogP contribution < -0.4 is 24.4 Å². The van der Waals surface area contributed by atoms with E-state index in [4.69, 9.17) is 18.9 Å². The molecule has 32 heavy (non-hydrogen) atoms. The summed E-state index contributed by atoms with van der Waals surface area (Å²) in [5.41, 5.74) is 3.51. The lowest BCUT2D eigenvalue weighted by atomic mass is 10.2. The molecule has 0 radical (unpaired) electrons. The van der Waals surface area contributed by atoms with E-state index >= 15 is 0 Å². The molecule has 0 spiro atoms. The number of hydrogen-bond acceptors (Lipinski definition) is 7. The third-order valence-corrected chi connectivity index (χ3v) is 4.25. The molecular weight excluding hydrogens is 412 g/mol. The van der Waals surface area contributed by atoms with Gasteiger partial charge in [-0.1, -0.05) is 0 Å². The van der Waals surface area contributed by atoms with Gasteiger partial charge in [-0.15, -0.1) is 0 Å². The van der Waals surface area contributed by atoms with Crippen LogP contribution in [0.5, 0.6) is 23.0 Å². The van der Waals surface area contributed by atoms with E-state index in [-0.39, 0.29) is 6.61 Å². The van der Waals surface area contributed by atoms with Gasteiger partial charge in [0.05, 0.1) is 26.0 Å². The molecule has 0 unspecified atom stereocenters. The van der Waals surface area contributed by atoms with Crippen molar-refractivity contribution in [3.8, 4) is 23.0 Å². The fraction of sp³-hybridized carbons (Fsp3) is 0.125. The molecule has 8 heteroatoms. The van der Waals surface area contributed by atoms with Gasteiger partial charge in [-0.25, -0.2) is 10.2 Å². The lowest BCUT2D eigenvalue weighted by molar-refractivity contribution is -0.123. The van der Waals surface area contributed by atoms with Crippen LogP contribution in [0.4, 0.5) is 0 Å². The van der Waals surface area contributed by atoms with Gasteiger partial charge in [0.25, 0.3) is 5.91 Å². The summed E-state index contributed by atoms with van der Waals surface area (Å²) in [5.74, 6) is 1.42. The van der Waals surface area contributed by atoms with Crippen LogP contribution in [-0.2, 0) is 4.79 Å². The van der Waals surface area contributed by atoms with Crippen LogP contribution in [0.15, 0.2) is 77.9 Å². The van der Waals surface area contributed by atoms with Crippen LogP contribution in [0.1, 0.15) is 15.9 Å². The van der Waals surface area contributed by atoms with Crippen molar-refractivity contribution in [1.82, 2.24) is 5.43 Å². The topological polar surface area (TPSA) is 95.5 Å². The van der Waals surface area contributed by atoms with Crippen LogP contribution in [0.2, 0.25) is 0 Å². The zero-order valence-electron chi connectivity index (χ0n) is 17.6. The second-order valence-corrected chi connectivity index (χ2v) is 6.44. The van der Waals surface area contributed by atoms with Gasteiger partial charge in [-0.3, -0.25) is 4.79 Å². The molecule has 0 aromatic heterocycles. The average Bonchev–Trinajstić information content (AvgIpc) is 2.84. The van der Waals surface area contributed by atoms with E-state index < -0.39 is 11.9 Å². The van der Waals surface area contributed by atoms with Gasteiger partial charge >= 0.3 is 5.97 Å². The van der Waals surface area contributed by atoms with Gasteiger partial charge in [-0.05, 0) is 78.4 Å². The predicted octanol–water partition coefficient (Wildman–Crippen LogP) is 3.45.